The first-order valence-corrected chi connectivity index (χ1v) is 8.80. The number of piperazine rings is 1. The lowest BCUT2D eigenvalue weighted by molar-refractivity contribution is -0.153. The molecule has 2 amide bonds. The molecule has 2 fully saturated rings. The third-order valence-electron chi connectivity index (χ3n) is 4.99. The van der Waals surface area contributed by atoms with Gasteiger partial charge >= 0.3 is 11.8 Å². The zero-order valence-corrected chi connectivity index (χ0v) is 14.3. The Labute approximate surface area is 147 Å². The van der Waals surface area contributed by atoms with Crippen LogP contribution in [0, 0.1) is 11.3 Å². The van der Waals surface area contributed by atoms with E-state index in [1.54, 1.807) is 22.2 Å². The minimum Gasteiger partial charge on any atom is -0.332 e. The van der Waals surface area contributed by atoms with Crippen LogP contribution in [0.5, 0.6) is 0 Å². The van der Waals surface area contributed by atoms with Crippen molar-refractivity contribution in [2.45, 2.75) is 25.3 Å². The van der Waals surface area contributed by atoms with Gasteiger partial charge in [0.05, 0.1) is 12.1 Å². The molecule has 0 radical (unpaired) electrons. The summed E-state index contributed by atoms with van der Waals surface area (Å²) in [4.78, 5) is 34.9. The highest BCUT2D eigenvalue weighted by Crippen LogP contribution is 2.31. The maximum absolute atomic E-state index is 12.7. The average Bonchev–Trinajstić information content (AvgIpc) is 3.16. The van der Waals surface area contributed by atoms with E-state index in [9.17, 15) is 9.59 Å². The Hall–Kier alpha value is -2.46. The third-order valence-corrected chi connectivity index (χ3v) is 4.99. The number of hydrogen-bond acceptors (Lipinski definition) is 5. The molecule has 1 aromatic rings. The Bertz CT molecular complexity index is 649. The first-order valence-electron chi connectivity index (χ1n) is 8.80. The second-order valence-corrected chi connectivity index (χ2v) is 6.48. The van der Waals surface area contributed by atoms with Crippen molar-refractivity contribution in [3.63, 3.8) is 0 Å². The van der Waals surface area contributed by atoms with Crippen molar-refractivity contribution in [3.05, 3.63) is 30.1 Å². The van der Waals surface area contributed by atoms with Crippen molar-refractivity contribution >= 4 is 11.8 Å². The van der Waals surface area contributed by atoms with Crippen molar-refractivity contribution < 1.29 is 9.59 Å². The predicted octanol–water partition coefficient (Wildman–Crippen LogP) is 0.803. The molecule has 7 heteroatoms. The summed E-state index contributed by atoms with van der Waals surface area (Å²) in [6, 6.07) is 5.93. The Balaban J connectivity index is 1.59. The lowest BCUT2D eigenvalue weighted by Gasteiger charge is -2.35. The van der Waals surface area contributed by atoms with Crippen LogP contribution in [0.3, 0.4) is 0 Å². The molecule has 2 saturated heterocycles. The van der Waals surface area contributed by atoms with Gasteiger partial charge < -0.3 is 9.80 Å². The summed E-state index contributed by atoms with van der Waals surface area (Å²) in [5.41, 5.74) is 1.04. The second kappa shape index (κ2) is 8.08. The van der Waals surface area contributed by atoms with Crippen LogP contribution in [-0.2, 0) is 9.59 Å². The standard InChI is InChI=1S/C18H23N5O2/c19-6-2-9-21-11-13-22(14-12-21)17(24)18(25)23-10-1-3-16(23)15-4-7-20-8-5-15/h4-5,7-8,16H,1-3,9-14H2. The zero-order valence-electron chi connectivity index (χ0n) is 14.3. The third kappa shape index (κ3) is 3.97. The Morgan fingerprint density at radius 2 is 1.84 bits per heavy atom. The van der Waals surface area contributed by atoms with Gasteiger partial charge in [-0.2, -0.15) is 5.26 Å². The van der Waals surface area contributed by atoms with E-state index >= 15 is 0 Å². The van der Waals surface area contributed by atoms with E-state index in [1.807, 2.05) is 12.1 Å². The number of aromatic nitrogens is 1. The van der Waals surface area contributed by atoms with Crippen molar-refractivity contribution in [1.82, 2.24) is 19.7 Å². The van der Waals surface area contributed by atoms with Crippen LogP contribution in [0.25, 0.3) is 0 Å². The summed E-state index contributed by atoms with van der Waals surface area (Å²) in [5, 5.41) is 8.65. The normalized spacial score (nSPS) is 21.2. The summed E-state index contributed by atoms with van der Waals surface area (Å²) >= 11 is 0. The molecule has 0 saturated carbocycles. The lowest BCUT2D eigenvalue weighted by atomic mass is 10.1. The van der Waals surface area contributed by atoms with Crippen LogP contribution in [0.4, 0.5) is 0 Å². The Morgan fingerprint density at radius 1 is 1.12 bits per heavy atom. The molecule has 0 aromatic carbocycles. The first kappa shape index (κ1) is 17.4. The van der Waals surface area contributed by atoms with Crippen LogP contribution in [0.15, 0.2) is 24.5 Å². The van der Waals surface area contributed by atoms with Gasteiger partial charge in [-0.05, 0) is 30.5 Å². The van der Waals surface area contributed by atoms with E-state index in [-0.39, 0.29) is 6.04 Å². The fourth-order valence-corrected chi connectivity index (χ4v) is 3.58. The van der Waals surface area contributed by atoms with Gasteiger partial charge in [0.1, 0.15) is 0 Å². The fourth-order valence-electron chi connectivity index (χ4n) is 3.58. The van der Waals surface area contributed by atoms with Crippen LogP contribution < -0.4 is 0 Å². The van der Waals surface area contributed by atoms with Gasteiger partial charge in [0.25, 0.3) is 0 Å². The molecule has 1 unspecified atom stereocenters. The zero-order chi connectivity index (χ0) is 17.6. The van der Waals surface area contributed by atoms with Gasteiger partial charge in [0, 0.05) is 58.1 Å². The Morgan fingerprint density at radius 3 is 2.52 bits per heavy atom. The molecule has 25 heavy (non-hydrogen) atoms. The van der Waals surface area contributed by atoms with Crippen LogP contribution in [-0.4, -0.2) is 70.8 Å². The number of carbonyl (C=O) groups excluding carboxylic acids is 2. The van der Waals surface area contributed by atoms with E-state index in [4.69, 9.17) is 5.26 Å². The largest absolute Gasteiger partial charge is 0.332 e. The molecule has 1 aromatic heterocycles. The van der Waals surface area contributed by atoms with E-state index in [0.717, 1.165) is 24.9 Å². The topological polar surface area (TPSA) is 80.5 Å². The highest BCUT2D eigenvalue weighted by atomic mass is 16.2. The summed E-state index contributed by atoms with van der Waals surface area (Å²) < 4.78 is 0. The molecule has 0 bridgehead atoms. The average molecular weight is 341 g/mol. The van der Waals surface area contributed by atoms with E-state index in [0.29, 0.717) is 39.1 Å². The lowest BCUT2D eigenvalue weighted by Crippen LogP contribution is -2.53. The molecule has 0 aliphatic carbocycles. The molecule has 3 rings (SSSR count). The molecule has 2 aliphatic rings. The molecular formula is C18H23N5O2. The predicted molar refractivity (Wildman–Crippen MR) is 91.2 cm³/mol. The minimum atomic E-state index is -0.402. The molecule has 2 aliphatic heterocycles. The van der Waals surface area contributed by atoms with Gasteiger partial charge in [-0.25, -0.2) is 0 Å². The van der Waals surface area contributed by atoms with Crippen molar-refractivity contribution in [3.8, 4) is 6.07 Å². The second-order valence-electron chi connectivity index (χ2n) is 6.48. The number of carbonyl (C=O) groups is 2. The molecule has 0 spiro atoms. The summed E-state index contributed by atoms with van der Waals surface area (Å²) in [5.74, 6) is -0.800. The highest BCUT2D eigenvalue weighted by Gasteiger charge is 2.36. The van der Waals surface area contributed by atoms with Crippen molar-refractivity contribution in [2.75, 3.05) is 39.3 Å². The number of rotatable bonds is 3. The summed E-state index contributed by atoms with van der Waals surface area (Å²) in [6.07, 6.45) is 5.73. The smallest absolute Gasteiger partial charge is 0.312 e. The van der Waals surface area contributed by atoms with Gasteiger partial charge in [-0.3, -0.25) is 19.5 Å². The maximum Gasteiger partial charge on any atom is 0.312 e. The Kier molecular flexibility index (Phi) is 5.61. The molecule has 7 nitrogen and oxygen atoms in total. The molecular weight excluding hydrogens is 318 g/mol. The van der Waals surface area contributed by atoms with Crippen LogP contribution in [0.2, 0.25) is 0 Å². The molecule has 0 N–H and O–H groups in total. The van der Waals surface area contributed by atoms with Crippen molar-refractivity contribution in [1.29, 1.82) is 5.26 Å². The number of nitrogens with zero attached hydrogens (tertiary/aromatic N) is 5. The molecule has 3 heterocycles. The quantitative estimate of drug-likeness (QED) is 0.760. The van der Waals surface area contributed by atoms with E-state index in [2.05, 4.69) is 16.0 Å². The number of amides is 2. The first-order chi connectivity index (χ1) is 12.2. The van der Waals surface area contributed by atoms with E-state index in [1.165, 1.54) is 0 Å². The minimum absolute atomic E-state index is 0.0311. The number of likely N-dealkylation sites (tertiary alicyclic amines) is 1. The monoisotopic (exact) mass is 341 g/mol. The van der Waals surface area contributed by atoms with Gasteiger partial charge in [-0.1, -0.05) is 0 Å². The van der Waals surface area contributed by atoms with Gasteiger partial charge in [0.15, 0.2) is 0 Å². The van der Waals surface area contributed by atoms with Crippen molar-refractivity contribution in [2.24, 2.45) is 0 Å². The number of hydrogen-bond donors (Lipinski definition) is 0. The van der Waals surface area contributed by atoms with Crippen LogP contribution >= 0.6 is 0 Å². The maximum atomic E-state index is 12.7. The highest BCUT2D eigenvalue weighted by molar-refractivity contribution is 6.35. The molecule has 132 valence electrons. The number of nitriles is 1. The fraction of sp³-hybridized carbons (Fsp3) is 0.556. The van der Waals surface area contributed by atoms with E-state index < -0.39 is 11.8 Å². The molecule has 1 atom stereocenters. The number of pyridine rings is 1. The summed E-state index contributed by atoms with van der Waals surface area (Å²) in [7, 11) is 0. The SMILES string of the molecule is N#CCCN1CCN(C(=O)C(=O)N2CCCC2c2ccncc2)CC1. The van der Waals surface area contributed by atoms with Crippen LogP contribution in [0.1, 0.15) is 30.9 Å². The summed E-state index contributed by atoms with van der Waals surface area (Å²) in [6.45, 7) is 3.87. The van der Waals surface area contributed by atoms with Gasteiger partial charge in [-0.15, -0.1) is 0 Å². The van der Waals surface area contributed by atoms with Gasteiger partial charge in [0.2, 0.25) is 0 Å².